The molecule has 0 aromatic heterocycles. The maximum Gasteiger partial charge on any atom is 0.243 e. The first-order chi connectivity index (χ1) is 11.1. The minimum atomic E-state index is -0.178. The molecule has 0 radical (unpaired) electrons. The smallest absolute Gasteiger partial charge is 0.243 e. The average molecular weight is 353 g/mol. The molecule has 0 saturated heterocycles. The molecule has 2 aromatic rings. The Hall–Kier alpha value is -1.91. The Labute approximate surface area is 145 Å². The zero-order valence-corrected chi connectivity index (χ0v) is 14.2. The fourth-order valence-corrected chi connectivity index (χ4v) is 2.18. The van der Waals surface area contributed by atoms with Crippen molar-refractivity contribution in [2.75, 3.05) is 23.8 Å². The molecule has 0 unspecified atom stereocenters. The molecule has 6 heteroatoms. The molecule has 0 saturated carbocycles. The summed E-state index contributed by atoms with van der Waals surface area (Å²) in [5.74, 6) is 0.602. The van der Waals surface area contributed by atoms with Crippen molar-refractivity contribution < 1.29 is 9.53 Å². The minimum Gasteiger partial charge on any atom is -0.494 e. The number of hydrogen-bond acceptors (Lipinski definition) is 3. The number of rotatable bonds is 7. The van der Waals surface area contributed by atoms with E-state index in [1.807, 2.05) is 24.3 Å². The topological polar surface area (TPSA) is 50.4 Å². The van der Waals surface area contributed by atoms with Crippen molar-refractivity contribution in [3.63, 3.8) is 0 Å². The Morgan fingerprint density at radius 3 is 2.65 bits per heavy atom. The van der Waals surface area contributed by atoms with Crippen LogP contribution >= 0.6 is 23.2 Å². The molecule has 0 atom stereocenters. The highest BCUT2D eigenvalue weighted by Crippen LogP contribution is 2.25. The van der Waals surface area contributed by atoms with Crippen LogP contribution in [0.25, 0.3) is 0 Å². The molecular weight excluding hydrogens is 335 g/mol. The number of carbonyl (C=O) groups is 1. The molecule has 4 nitrogen and oxygen atoms in total. The molecule has 0 aliphatic rings. The number of carbonyl (C=O) groups excluding carboxylic acids is 1. The van der Waals surface area contributed by atoms with E-state index in [1.54, 1.807) is 18.2 Å². The third kappa shape index (κ3) is 5.66. The quantitative estimate of drug-likeness (QED) is 0.749. The second-order valence-electron chi connectivity index (χ2n) is 4.91. The van der Waals surface area contributed by atoms with Crippen LogP contribution in [0.2, 0.25) is 10.0 Å². The SMILES string of the molecule is CCCOc1cccc(NCC(=O)Nc2ccc(Cl)c(Cl)c2)c1. The second kappa shape index (κ2) is 8.65. The lowest BCUT2D eigenvalue weighted by Crippen LogP contribution is -2.21. The highest BCUT2D eigenvalue weighted by atomic mass is 35.5. The fraction of sp³-hybridized carbons (Fsp3) is 0.235. The van der Waals surface area contributed by atoms with E-state index in [9.17, 15) is 4.79 Å². The molecule has 0 heterocycles. The highest BCUT2D eigenvalue weighted by molar-refractivity contribution is 6.42. The van der Waals surface area contributed by atoms with Gasteiger partial charge in [-0.3, -0.25) is 4.79 Å². The normalized spacial score (nSPS) is 10.2. The van der Waals surface area contributed by atoms with E-state index in [-0.39, 0.29) is 12.5 Å². The van der Waals surface area contributed by atoms with Crippen molar-refractivity contribution in [1.29, 1.82) is 0 Å². The lowest BCUT2D eigenvalue weighted by atomic mass is 10.3. The number of ether oxygens (including phenoxy) is 1. The highest BCUT2D eigenvalue weighted by Gasteiger charge is 2.05. The van der Waals surface area contributed by atoms with Gasteiger partial charge < -0.3 is 15.4 Å². The van der Waals surface area contributed by atoms with Crippen LogP contribution in [0.5, 0.6) is 5.75 Å². The van der Waals surface area contributed by atoms with Gasteiger partial charge in [0.25, 0.3) is 0 Å². The van der Waals surface area contributed by atoms with Gasteiger partial charge in [0.2, 0.25) is 5.91 Å². The van der Waals surface area contributed by atoms with Crippen molar-refractivity contribution >= 4 is 40.5 Å². The number of halogens is 2. The molecule has 0 bridgehead atoms. The van der Waals surface area contributed by atoms with Crippen LogP contribution < -0.4 is 15.4 Å². The van der Waals surface area contributed by atoms with Crippen LogP contribution in [0.3, 0.4) is 0 Å². The van der Waals surface area contributed by atoms with Gasteiger partial charge in [-0.1, -0.05) is 36.2 Å². The number of hydrogen-bond donors (Lipinski definition) is 2. The second-order valence-corrected chi connectivity index (χ2v) is 5.72. The summed E-state index contributed by atoms with van der Waals surface area (Å²) in [6.07, 6.45) is 0.948. The molecule has 0 spiro atoms. The number of benzene rings is 2. The Balaban J connectivity index is 1.87. The van der Waals surface area contributed by atoms with Gasteiger partial charge in [0.15, 0.2) is 0 Å². The van der Waals surface area contributed by atoms with E-state index in [1.165, 1.54) is 0 Å². The van der Waals surface area contributed by atoms with Crippen molar-refractivity contribution in [1.82, 2.24) is 0 Å². The summed E-state index contributed by atoms with van der Waals surface area (Å²) in [5.41, 5.74) is 1.43. The van der Waals surface area contributed by atoms with Crippen molar-refractivity contribution in [3.05, 3.63) is 52.5 Å². The predicted molar refractivity (Wildman–Crippen MR) is 95.8 cm³/mol. The maximum absolute atomic E-state index is 12.0. The molecule has 0 aliphatic heterocycles. The van der Waals surface area contributed by atoms with Crippen LogP contribution in [-0.2, 0) is 4.79 Å². The van der Waals surface area contributed by atoms with Crippen LogP contribution in [0.4, 0.5) is 11.4 Å². The van der Waals surface area contributed by atoms with Crippen molar-refractivity contribution in [3.8, 4) is 5.75 Å². The molecule has 0 fully saturated rings. The Bertz CT molecular complexity index is 677. The fourth-order valence-electron chi connectivity index (χ4n) is 1.88. The van der Waals surface area contributed by atoms with E-state index in [2.05, 4.69) is 17.6 Å². The van der Waals surface area contributed by atoms with E-state index in [0.717, 1.165) is 17.9 Å². The number of amides is 1. The number of nitrogens with one attached hydrogen (secondary N) is 2. The summed E-state index contributed by atoms with van der Waals surface area (Å²) in [7, 11) is 0. The van der Waals surface area contributed by atoms with Crippen molar-refractivity contribution in [2.24, 2.45) is 0 Å². The third-order valence-corrected chi connectivity index (χ3v) is 3.70. The van der Waals surface area contributed by atoms with Crippen LogP contribution in [0.15, 0.2) is 42.5 Å². The average Bonchev–Trinajstić information content (AvgIpc) is 2.55. The van der Waals surface area contributed by atoms with Gasteiger partial charge in [0, 0.05) is 17.4 Å². The van der Waals surface area contributed by atoms with Crippen molar-refractivity contribution in [2.45, 2.75) is 13.3 Å². The molecule has 23 heavy (non-hydrogen) atoms. The zero-order valence-electron chi connectivity index (χ0n) is 12.7. The van der Waals surface area contributed by atoms with Crippen LogP contribution in [0, 0.1) is 0 Å². The lowest BCUT2D eigenvalue weighted by Gasteiger charge is -2.10. The summed E-state index contributed by atoms with van der Waals surface area (Å²) >= 11 is 11.8. The standard InChI is InChI=1S/C17H18Cl2N2O2/c1-2-8-23-14-5-3-4-12(9-14)20-11-17(22)21-13-6-7-15(18)16(19)10-13/h3-7,9-10,20H,2,8,11H2,1H3,(H,21,22). The van der Waals surface area contributed by atoms with E-state index >= 15 is 0 Å². The molecule has 0 aliphatic carbocycles. The van der Waals surface area contributed by atoms with Gasteiger partial charge in [-0.25, -0.2) is 0 Å². The zero-order chi connectivity index (χ0) is 16.7. The summed E-state index contributed by atoms with van der Waals surface area (Å²) in [6, 6.07) is 12.5. The molecule has 122 valence electrons. The van der Waals surface area contributed by atoms with E-state index in [4.69, 9.17) is 27.9 Å². The Morgan fingerprint density at radius 1 is 1.09 bits per heavy atom. The van der Waals surface area contributed by atoms with Crippen LogP contribution in [0.1, 0.15) is 13.3 Å². The Kier molecular flexibility index (Phi) is 6.56. The third-order valence-electron chi connectivity index (χ3n) is 2.96. The van der Waals surface area contributed by atoms with E-state index in [0.29, 0.717) is 22.3 Å². The summed E-state index contributed by atoms with van der Waals surface area (Å²) in [5, 5.41) is 6.66. The first-order valence-corrected chi connectivity index (χ1v) is 8.05. The molecule has 2 N–H and O–H groups in total. The summed E-state index contributed by atoms with van der Waals surface area (Å²) < 4.78 is 5.55. The van der Waals surface area contributed by atoms with Gasteiger partial charge in [0.1, 0.15) is 5.75 Å². The molecule has 2 rings (SSSR count). The Morgan fingerprint density at radius 2 is 1.91 bits per heavy atom. The first kappa shape index (κ1) is 17.4. The van der Waals surface area contributed by atoms with Gasteiger partial charge in [-0.05, 0) is 36.8 Å². The van der Waals surface area contributed by atoms with E-state index < -0.39 is 0 Å². The molecule has 1 amide bonds. The van der Waals surface area contributed by atoms with Crippen LogP contribution in [-0.4, -0.2) is 19.1 Å². The monoisotopic (exact) mass is 352 g/mol. The molecular formula is C17H18Cl2N2O2. The van der Waals surface area contributed by atoms with Gasteiger partial charge in [-0.2, -0.15) is 0 Å². The summed E-state index contributed by atoms with van der Waals surface area (Å²) in [6.45, 7) is 2.86. The number of anilines is 2. The first-order valence-electron chi connectivity index (χ1n) is 7.30. The molecule has 2 aromatic carbocycles. The predicted octanol–water partition coefficient (Wildman–Crippen LogP) is 4.83. The van der Waals surface area contributed by atoms with Gasteiger partial charge in [0.05, 0.1) is 23.2 Å². The largest absolute Gasteiger partial charge is 0.494 e. The van der Waals surface area contributed by atoms with Gasteiger partial charge in [-0.15, -0.1) is 0 Å². The maximum atomic E-state index is 12.0. The van der Waals surface area contributed by atoms with Gasteiger partial charge >= 0.3 is 0 Å². The lowest BCUT2D eigenvalue weighted by molar-refractivity contribution is -0.114. The minimum absolute atomic E-state index is 0.136. The summed E-state index contributed by atoms with van der Waals surface area (Å²) in [4.78, 5) is 12.0.